The van der Waals surface area contributed by atoms with E-state index in [1.165, 1.54) is 6.33 Å². The van der Waals surface area contributed by atoms with Crippen LogP contribution in [-0.2, 0) is 32.6 Å². The largest absolute Gasteiger partial charge is 0.497 e. The van der Waals surface area contributed by atoms with E-state index in [0.717, 1.165) is 41.8 Å². The minimum absolute atomic E-state index is 0.111. The summed E-state index contributed by atoms with van der Waals surface area (Å²) in [5, 5.41) is 10.6. The number of hydrogen-bond acceptors (Lipinski definition) is 10. The molecule has 2 fully saturated rings. The van der Waals surface area contributed by atoms with Crippen LogP contribution in [0.1, 0.15) is 69.8 Å². The molecular formula is C37H43N7O6. The van der Waals surface area contributed by atoms with Crippen molar-refractivity contribution in [2.75, 3.05) is 31.0 Å². The van der Waals surface area contributed by atoms with E-state index in [1.807, 2.05) is 68.4 Å². The minimum Gasteiger partial charge on any atom is -0.497 e. The van der Waals surface area contributed by atoms with Crippen molar-refractivity contribution in [3.8, 4) is 11.4 Å². The molecule has 2 aliphatic rings. The Balaban J connectivity index is 1.06. The molecule has 13 heteroatoms. The van der Waals surface area contributed by atoms with Crippen molar-refractivity contribution in [1.82, 2.24) is 24.3 Å². The first-order chi connectivity index (χ1) is 24.1. The van der Waals surface area contributed by atoms with Crippen LogP contribution < -0.4 is 21.1 Å². The highest BCUT2D eigenvalue weighted by Gasteiger charge is 2.49. The summed E-state index contributed by atoms with van der Waals surface area (Å²) in [6, 6.07) is 16.8. The van der Waals surface area contributed by atoms with Crippen LogP contribution in [0.5, 0.6) is 5.75 Å². The van der Waals surface area contributed by atoms with Gasteiger partial charge in [-0.25, -0.2) is 14.8 Å². The van der Waals surface area contributed by atoms with Gasteiger partial charge in [-0.3, -0.25) is 19.2 Å². The molecule has 1 saturated carbocycles. The van der Waals surface area contributed by atoms with Gasteiger partial charge in [0.2, 0.25) is 11.8 Å². The molecule has 1 unspecified atom stereocenters. The summed E-state index contributed by atoms with van der Waals surface area (Å²) >= 11 is 0. The number of nitrogens with zero attached hydrogens (tertiary/aromatic N) is 5. The van der Waals surface area contributed by atoms with Crippen molar-refractivity contribution >= 4 is 28.8 Å². The van der Waals surface area contributed by atoms with E-state index in [9.17, 15) is 9.59 Å². The van der Waals surface area contributed by atoms with Crippen LogP contribution >= 0.6 is 0 Å². The SMILES string of the molecule is COc1ccc(CNc2ncnc3c2n(-c2ccc(CC(=O)Nc4cc(C(C)(C)C5CCC6(C5)OCCO6)no4)cc2)c(=O)n3C(C)C)cc1. The van der Waals surface area contributed by atoms with Crippen molar-refractivity contribution in [3.63, 3.8) is 0 Å². The Hall–Kier alpha value is -5.01. The quantitative estimate of drug-likeness (QED) is 0.176. The normalized spacial score (nSPS) is 17.2. The van der Waals surface area contributed by atoms with Gasteiger partial charge in [-0.2, -0.15) is 0 Å². The van der Waals surface area contributed by atoms with E-state index < -0.39 is 5.79 Å². The number of fused-ring (bicyclic) bond motifs is 1. The zero-order valence-electron chi connectivity index (χ0n) is 29.1. The molecule has 1 amide bonds. The summed E-state index contributed by atoms with van der Waals surface area (Å²) in [5.41, 5.74) is 3.81. The third-order valence-corrected chi connectivity index (χ3v) is 10.0. The van der Waals surface area contributed by atoms with Gasteiger partial charge in [-0.1, -0.05) is 43.3 Å². The Morgan fingerprint density at radius 2 is 1.78 bits per heavy atom. The van der Waals surface area contributed by atoms with Gasteiger partial charge in [-0.15, -0.1) is 0 Å². The van der Waals surface area contributed by atoms with Crippen molar-refractivity contribution in [3.05, 3.63) is 88.2 Å². The molecule has 1 atom stereocenters. The lowest BCUT2D eigenvalue weighted by atomic mass is 9.75. The molecule has 1 spiro atoms. The molecule has 3 aromatic heterocycles. The second-order valence-corrected chi connectivity index (χ2v) is 13.9. The van der Waals surface area contributed by atoms with Gasteiger partial charge >= 0.3 is 5.69 Å². The van der Waals surface area contributed by atoms with Gasteiger partial charge < -0.3 is 24.1 Å². The maximum atomic E-state index is 13.8. The van der Waals surface area contributed by atoms with Crippen LogP contribution in [0.4, 0.5) is 11.7 Å². The lowest BCUT2D eigenvalue weighted by Crippen LogP contribution is -2.32. The van der Waals surface area contributed by atoms with Gasteiger partial charge in [0.15, 0.2) is 17.3 Å². The average Bonchev–Trinajstić information content (AvgIpc) is 3.92. The van der Waals surface area contributed by atoms with Crippen LogP contribution in [0.25, 0.3) is 16.9 Å². The minimum atomic E-state index is -0.470. The van der Waals surface area contributed by atoms with Crippen LogP contribution in [0.2, 0.25) is 0 Å². The number of carbonyl (C=O) groups excluding carboxylic acids is 1. The average molecular weight is 682 g/mol. The summed E-state index contributed by atoms with van der Waals surface area (Å²) in [4.78, 5) is 35.9. The number of imidazole rings is 1. The van der Waals surface area contributed by atoms with Crippen LogP contribution in [-0.4, -0.2) is 56.3 Å². The monoisotopic (exact) mass is 681 g/mol. The Morgan fingerprint density at radius 1 is 1.06 bits per heavy atom. The maximum absolute atomic E-state index is 13.8. The van der Waals surface area contributed by atoms with E-state index in [1.54, 1.807) is 16.2 Å². The summed E-state index contributed by atoms with van der Waals surface area (Å²) in [6.07, 6.45) is 4.22. The van der Waals surface area contributed by atoms with Gasteiger partial charge in [0.05, 0.1) is 38.1 Å². The fourth-order valence-electron chi connectivity index (χ4n) is 7.13. The zero-order chi connectivity index (χ0) is 35.0. The zero-order valence-corrected chi connectivity index (χ0v) is 29.1. The smallest absolute Gasteiger partial charge is 0.335 e. The lowest BCUT2D eigenvalue weighted by Gasteiger charge is -2.30. The molecule has 0 radical (unpaired) electrons. The molecule has 7 rings (SSSR count). The van der Waals surface area contributed by atoms with Crippen LogP contribution in [0.3, 0.4) is 0 Å². The van der Waals surface area contributed by atoms with Crippen LogP contribution in [0.15, 0.2) is 70.2 Å². The number of methoxy groups -OCH3 is 1. The highest BCUT2D eigenvalue weighted by molar-refractivity contribution is 5.91. The first kappa shape index (κ1) is 33.5. The van der Waals surface area contributed by atoms with Gasteiger partial charge in [0, 0.05) is 36.9 Å². The third-order valence-electron chi connectivity index (χ3n) is 10.0. The van der Waals surface area contributed by atoms with E-state index in [4.69, 9.17) is 18.7 Å². The highest BCUT2D eigenvalue weighted by Crippen LogP contribution is 2.49. The molecule has 1 aliphatic heterocycles. The molecule has 4 heterocycles. The predicted molar refractivity (Wildman–Crippen MR) is 188 cm³/mol. The van der Waals surface area contributed by atoms with E-state index >= 15 is 0 Å². The van der Waals surface area contributed by atoms with E-state index in [2.05, 4.69) is 39.6 Å². The summed E-state index contributed by atoms with van der Waals surface area (Å²) in [6.45, 7) is 9.94. The highest BCUT2D eigenvalue weighted by atomic mass is 16.7. The number of carbonyl (C=O) groups is 1. The number of aromatic nitrogens is 5. The second-order valence-electron chi connectivity index (χ2n) is 13.9. The number of anilines is 2. The molecule has 2 N–H and O–H groups in total. The molecule has 2 aromatic carbocycles. The first-order valence-corrected chi connectivity index (χ1v) is 17.1. The second kappa shape index (κ2) is 13.4. The predicted octanol–water partition coefficient (Wildman–Crippen LogP) is 5.77. The Kier molecular flexibility index (Phi) is 8.95. The number of hydrogen-bond donors (Lipinski definition) is 2. The van der Waals surface area contributed by atoms with Gasteiger partial charge in [0.1, 0.15) is 17.6 Å². The van der Waals surface area contributed by atoms with Crippen molar-refractivity contribution in [1.29, 1.82) is 0 Å². The van der Waals surface area contributed by atoms with E-state index in [0.29, 0.717) is 54.2 Å². The summed E-state index contributed by atoms with van der Waals surface area (Å²) in [5.74, 6) is 1.21. The molecule has 50 heavy (non-hydrogen) atoms. The maximum Gasteiger partial charge on any atom is 0.335 e. The standard InChI is InChI=1S/C37H43N7O6/c1-23(2)43-34-32(33(39-22-40-34)38-21-25-8-12-28(47-5)13-9-25)44(35(43)46)27-10-6-24(7-11-27)18-30(45)41-31-19-29(42-50-31)36(3,4)26-14-15-37(20-26)48-16-17-49-37/h6-13,19,22-23,26H,14-18,20-21H2,1-5H3,(H,41,45)(H,38,39,40). The van der Waals surface area contributed by atoms with Crippen molar-refractivity contribution < 1.29 is 23.5 Å². The Morgan fingerprint density at radius 3 is 2.48 bits per heavy atom. The molecule has 13 nitrogen and oxygen atoms in total. The van der Waals surface area contributed by atoms with Crippen molar-refractivity contribution in [2.24, 2.45) is 5.92 Å². The fourth-order valence-corrected chi connectivity index (χ4v) is 7.13. The molecule has 262 valence electrons. The molecule has 1 aliphatic carbocycles. The molecular weight excluding hydrogens is 638 g/mol. The fraction of sp³-hybridized carbons (Fsp3) is 0.432. The molecule has 5 aromatic rings. The summed E-state index contributed by atoms with van der Waals surface area (Å²) < 4.78 is 26.0. The van der Waals surface area contributed by atoms with Gasteiger partial charge in [-0.05, 0) is 61.6 Å². The van der Waals surface area contributed by atoms with Crippen LogP contribution in [0, 0.1) is 5.92 Å². The summed E-state index contributed by atoms with van der Waals surface area (Å²) in [7, 11) is 1.63. The number of rotatable bonds is 11. The number of benzene rings is 2. The molecule has 1 saturated heterocycles. The number of ether oxygens (including phenoxy) is 3. The topological polar surface area (TPSA) is 148 Å². The Bertz CT molecular complexity index is 2040. The first-order valence-electron chi connectivity index (χ1n) is 17.1. The Labute approximate surface area is 289 Å². The van der Waals surface area contributed by atoms with Crippen molar-refractivity contribution in [2.45, 2.75) is 77.2 Å². The number of amides is 1. The van der Waals surface area contributed by atoms with Gasteiger partial charge in [0.25, 0.3) is 0 Å². The third kappa shape index (κ3) is 6.38. The van der Waals surface area contributed by atoms with E-state index in [-0.39, 0.29) is 29.5 Å². The number of nitrogens with one attached hydrogen (secondary N) is 2. The molecule has 0 bridgehead atoms. The lowest BCUT2D eigenvalue weighted by molar-refractivity contribution is -0.153.